The molecule has 126 valence electrons. The molecule has 0 atom stereocenters. The van der Waals surface area contributed by atoms with Crippen LogP contribution in [0.2, 0.25) is 5.02 Å². The van der Waals surface area contributed by atoms with Gasteiger partial charge in [0.15, 0.2) is 0 Å². The van der Waals surface area contributed by atoms with Crippen molar-refractivity contribution in [2.75, 3.05) is 11.9 Å². The van der Waals surface area contributed by atoms with Crippen LogP contribution >= 0.6 is 22.9 Å². The van der Waals surface area contributed by atoms with Gasteiger partial charge >= 0.3 is 0 Å². The number of hydrogen-bond acceptors (Lipinski definition) is 5. The Morgan fingerprint density at radius 3 is 2.80 bits per heavy atom. The van der Waals surface area contributed by atoms with Crippen LogP contribution in [0.25, 0.3) is 16.2 Å². The summed E-state index contributed by atoms with van der Waals surface area (Å²) in [5, 5.41) is 8.66. The van der Waals surface area contributed by atoms with Crippen LogP contribution in [0.3, 0.4) is 0 Å². The zero-order valence-electron chi connectivity index (χ0n) is 13.0. The fourth-order valence-corrected chi connectivity index (χ4v) is 3.42. The molecule has 1 N–H and O–H groups in total. The molecule has 0 aliphatic carbocycles. The third-order valence-electron chi connectivity index (χ3n) is 3.70. The molecule has 0 aliphatic heterocycles. The summed E-state index contributed by atoms with van der Waals surface area (Å²) in [7, 11) is 0. The summed E-state index contributed by atoms with van der Waals surface area (Å²) in [6.45, 7) is 0.779. The van der Waals surface area contributed by atoms with Gasteiger partial charge in [-0.15, -0.1) is 5.10 Å². The second-order valence-electron chi connectivity index (χ2n) is 5.42. The van der Waals surface area contributed by atoms with Crippen molar-refractivity contribution in [2.24, 2.45) is 0 Å². The van der Waals surface area contributed by atoms with Gasteiger partial charge in [-0.1, -0.05) is 22.9 Å². The van der Waals surface area contributed by atoms with Crippen LogP contribution in [-0.2, 0) is 6.42 Å². The van der Waals surface area contributed by atoms with Gasteiger partial charge in [-0.2, -0.15) is 0 Å². The third kappa shape index (κ3) is 3.47. The zero-order valence-corrected chi connectivity index (χ0v) is 14.6. The first-order valence-corrected chi connectivity index (χ1v) is 8.83. The second kappa shape index (κ2) is 6.78. The van der Waals surface area contributed by atoms with Gasteiger partial charge in [0.2, 0.25) is 10.1 Å². The van der Waals surface area contributed by atoms with Crippen molar-refractivity contribution in [2.45, 2.75) is 6.42 Å². The summed E-state index contributed by atoms with van der Waals surface area (Å²) in [5.41, 5.74) is 2.69. The van der Waals surface area contributed by atoms with Crippen LogP contribution in [0, 0.1) is 5.82 Å². The molecule has 0 amide bonds. The van der Waals surface area contributed by atoms with E-state index in [1.165, 1.54) is 23.0 Å². The van der Waals surface area contributed by atoms with E-state index in [2.05, 4.69) is 20.4 Å². The maximum atomic E-state index is 13.3. The van der Waals surface area contributed by atoms with E-state index in [1.807, 2.05) is 18.3 Å². The van der Waals surface area contributed by atoms with Crippen molar-refractivity contribution >= 4 is 33.0 Å². The van der Waals surface area contributed by atoms with Crippen LogP contribution in [-0.4, -0.2) is 26.1 Å². The Bertz CT molecular complexity index is 983. The Morgan fingerprint density at radius 1 is 1.20 bits per heavy atom. The highest BCUT2D eigenvalue weighted by Crippen LogP contribution is 2.27. The summed E-state index contributed by atoms with van der Waals surface area (Å²) >= 11 is 7.30. The molecule has 5 nitrogen and oxygen atoms in total. The summed E-state index contributed by atoms with van der Waals surface area (Å²) in [5.74, 6) is -0.440. The molecule has 3 heterocycles. The lowest BCUT2D eigenvalue weighted by atomic mass is 10.2. The van der Waals surface area contributed by atoms with Gasteiger partial charge in [-0.25, -0.2) is 13.9 Å². The summed E-state index contributed by atoms with van der Waals surface area (Å²) in [6.07, 6.45) is 6.28. The SMILES string of the molecule is Fc1ccc(-c2cn3nc(NCCc4ccncc4)sc3n2)cc1Cl. The first kappa shape index (κ1) is 16.0. The van der Waals surface area contributed by atoms with Crippen LogP contribution in [0.1, 0.15) is 5.56 Å². The van der Waals surface area contributed by atoms with E-state index in [-0.39, 0.29) is 5.02 Å². The highest BCUT2D eigenvalue weighted by Gasteiger charge is 2.11. The maximum absolute atomic E-state index is 13.3. The van der Waals surface area contributed by atoms with Crippen molar-refractivity contribution in [1.29, 1.82) is 0 Å². The first-order valence-electron chi connectivity index (χ1n) is 7.63. The lowest BCUT2D eigenvalue weighted by Gasteiger charge is -2.01. The molecule has 0 radical (unpaired) electrons. The topological polar surface area (TPSA) is 55.1 Å². The monoisotopic (exact) mass is 373 g/mol. The number of benzene rings is 1. The lowest BCUT2D eigenvalue weighted by Crippen LogP contribution is -2.04. The minimum Gasteiger partial charge on any atom is -0.360 e. The molecule has 0 saturated carbocycles. The number of fused-ring (bicyclic) bond motifs is 1. The lowest BCUT2D eigenvalue weighted by molar-refractivity contribution is 0.628. The largest absolute Gasteiger partial charge is 0.360 e. The van der Waals surface area contributed by atoms with E-state index < -0.39 is 5.82 Å². The second-order valence-corrected chi connectivity index (χ2v) is 6.78. The first-order chi connectivity index (χ1) is 12.2. The minimum absolute atomic E-state index is 0.0836. The molecule has 4 rings (SSSR count). The predicted molar refractivity (Wildman–Crippen MR) is 97.7 cm³/mol. The zero-order chi connectivity index (χ0) is 17.2. The molecule has 8 heteroatoms. The Hall–Kier alpha value is -2.51. The number of aromatic nitrogens is 4. The van der Waals surface area contributed by atoms with Gasteiger partial charge in [0.05, 0.1) is 16.9 Å². The molecule has 1 aromatic carbocycles. The minimum atomic E-state index is -0.440. The number of anilines is 1. The highest BCUT2D eigenvalue weighted by atomic mass is 35.5. The van der Waals surface area contributed by atoms with Gasteiger partial charge in [-0.3, -0.25) is 4.98 Å². The van der Waals surface area contributed by atoms with E-state index in [4.69, 9.17) is 11.6 Å². The normalized spacial score (nSPS) is 11.1. The van der Waals surface area contributed by atoms with Gasteiger partial charge in [0.1, 0.15) is 5.82 Å². The number of rotatable bonds is 5. The number of halogens is 2. The fourth-order valence-electron chi connectivity index (χ4n) is 2.43. The van der Waals surface area contributed by atoms with Crippen LogP contribution in [0.5, 0.6) is 0 Å². The average molecular weight is 374 g/mol. The summed E-state index contributed by atoms with van der Waals surface area (Å²) in [6, 6.07) is 8.55. The van der Waals surface area contributed by atoms with Crippen LogP contribution in [0.15, 0.2) is 48.9 Å². The van der Waals surface area contributed by atoms with Gasteiger partial charge < -0.3 is 5.32 Å². The number of imidazole rings is 1. The van der Waals surface area contributed by atoms with Crippen molar-refractivity contribution < 1.29 is 4.39 Å². The standard InChI is InChI=1S/C17H13ClFN5S/c18-13-9-12(1-2-14(13)19)15-10-24-17(22-15)25-16(23-24)21-8-5-11-3-6-20-7-4-11/h1-4,6-7,9-10H,5,8H2,(H,21,23). The van der Waals surface area contributed by atoms with E-state index in [0.29, 0.717) is 5.69 Å². The van der Waals surface area contributed by atoms with Crippen LogP contribution < -0.4 is 5.32 Å². The molecular weight excluding hydrogens is 361 g/mol. The quantitative estimate of drug-likeness (QED) is 0.566. The smallest absolute Gasteiger partial charge is 0.214 e. The molecule has 0 aliphatic rings. The van der Waals surface area contributed by atoms with E-state index in [9.17, 15) is 4.39 Å². The Labute approximate surface area is 152 Å². The van der Waals surface area contributed by atoms with Gasteiger partial charge in [-0.05, 0) is 42.3 Å². The molecule has 4 aromatic rings. The molecule has 0 saturated heterocycles. The number of nitrogens with zero attached hydrogens (tertiary/aromatic N) is 4. The van der Waals surface area contributed by atoms with E-state index >= 15 is 0 Å². The number of nitrogens with one attached hydrogen (secondary N) is 1. The molecular formula is C17H13ClFN5S. The average Bonchev–Trinajstić information content (AvgIpc) is 3.17. The number of hydrogen-bond donors (Lipinski definition) is 1. The van der Waals surface area contributed by atoms with E-state index in [1.54, 1.807) is 29.0 Å². The van der Waals surface area contributed by atoms with E-state index in [0.717, 1.165) is 28.6 Å². The maximum Gasteiger partial charge on any atom is 0.214 e. The Balaban J connectivity index is 1.46. The fraction of sp³-hybridized carbons (Fsp3) is 0.118. The molecule has 0 spiro atoms. The molecule has 3 aromatic heterocycles. The van der Waals surface area contributed by atoms with Crippen molar-refractivity contribution in [3.63, 3.8) is 0 Å². The molecule has 25 heavy (non-hydrogen) atoms. The van der Waals surface area contributed by atoms with Crippen molar-refractivity contribution in [3.05, 3.63) is 65.3 Å². The van der Waals surface area contributed by atoms with Crippen molar-refractivity contribution in [1.82, 2.24) is 19.6 Å². The third-order valence-corrected chi connectivity index (χ3v) is 4.87. The number of pyridine rings is 1. The Kier molecular flexibility index (Phi) is 4.33. The predicted octanol–water partition coefficient (Wildman–Crippen LogP) is 4.30. The molecule has 0 fully saturated rings. The van der Waals surface area contributed by atoms with Gasteiger partial charge in [0.25, 0.3) is 0 Å². The highest BCUT2D eigenvalue weighted by molar-refractivity contribution is 7.20. The Morgan fingerprint density at radius 2 is 2.04 bits per heavy atom. The van der Waals surface area contributed by atoms with Gasteiger partial charge in [0, 0.05) is 24.5 Å². The van der Waals surface area contributed by atoms with Crippen molar-refractivity contribution in [3.8, 4) is 11.3 Å². The molecule has 0 unspecified atom stereocenters. The summed E-state index contributed by atoms with van der Waals surface area (Å²) < 4.78 is 15.0. The van der Waals surface area contributed by atoms with Crippen LogP contribution in [0.4, 0.5) is 9.52 Å². The summed E-state index contributed by atoms with van der Waals surface area (Å²) in [4.78, 5) is 9.30. The molecule has 0 bridgehead atoms.